The molecule has 0 amide bonds. The highest BCUT2D eigenvalue weighted by Gasteiger charge is 2.36. The molecule has 0 unspecified atom stereocenters. The Bertz CT molecular complexity index is 3090. The molecule has 1 aliphatic carbocycles. The van der Waals surface area contributed by atoms with E-state index in [1.807, 2.05) is 6.07 Å². The number of hydrogen-bond donors (Lipinski definition) is 0. The van der Waals surface area contributed by atoms with E-state index in [1.165, 1.54) is 44.1 Å². The summed E-state index contributed by atoms with van der Waals surface area (Å²) in [5, 5.41) is 4.70. The first-order valence-corrected chi connectivity index (χ1v) is 18.7. The van der Waals surface area contributed by atoms with Gasteiger partial charge in [-0.15, -0.1) is 0 Å². The number of aromatic nitrogens is 1. The van der Waals surface area contributed by atoms with Crippen LogP contribution >= 0.6 is 0 Å². The fourth-order valence-electron chi connectivity index (χ4n) is 9.11. The first-order chi connectivity index (χ1) is 26.6. The van der Waals surface area contributed by atoms with Gasteiger partial charge in [-0.25, -0.2) is 0 Å². The van der Waals surface area contributed by atoms with Gasteiger partial charge in [-0.05, 0) is 94.5 Å². The van der Waals surface area contributed by atoms with E-state index in [1.54, 1.807) is 0 Å². The molecule has 0 N–H and O–H groups in total. The first kappa shape index (κ1) is 30.8. The Morgan fingerprint density at radius 3 is 1.96 bits per heavy atom. The fourth-order valence-corrected chi connectivity index (χ4v) is 9.11. The molecule has 8 aromatic carbocycles. The van der Waals surface area contributed by atoms with Crippen LogP contribution in [-0.4, -0.2) is 4.57 Å². The van der Waals surface area contributed by atoms with E-state index in [2.05, 4.69) is 199 Å². The molecule has 0 saturated heterocycles. The van der Waals surface area contributed by atoms with Gasteiger partial charge in [-0.1, -0.05) is 129 Å². The lowest BCUT2D eigenvalue weighted by molar-refractivity contribution is 0.660. The Kier molecular flexibility index (Phi) is 6.60. The summed E-state index contributed by atoms with van der Waals surface area (Å²) in [6.45, 7) is 4.71. The van der Waals surface area contributed by atoms with E-state index in [0.717, 1.165) is 55.8 Å². The Morgan fingerprint density at radius 1 is 0.444 bits per heavy atom. The smallest absolute Gasteiger partial charge is 0.136 e. The minimum atomic E-state index is -0.137. The van der Waals surface area contributed by atoms with Crippen LogP contribution in [0.4, 0.5) is 17.1 Å². The summed E-state index contributed by atoms with van der Waals surface area (Å²) in [5.74, 6) is 0. The van der Waals surface area contributed by atoms with Crippen molar-refractivity contribution in [1.82, 2.24) is 4.57 Å². The third kappa shape index (κ3) is 4.42. The van der Waals surface area contributed by atoms with Crippen molar-refractivity contribution in [3.8, 4) is 27.9 Å². The van der Waals surface area contributed by atoms with Crippen LogP contribution in [0.2, 0.25) is 0 Å². The van der Waals surface area contributed by atoms with Crippen molar-refractivity contribution in [1.29, 1.82) is 0 Å². The Labute approximate surface area is 314 Å². The number of nitrogens with zero attached hydrogens (tertiary/aromatic N) is 2. The van der Waals surface area contributed by atoms with Crippen molar-refractivity contribution < 1.29 is 4.42 Å². The number of benzene rings is 8. The van der Waals surface area contributed by atoms with Crippen LogP contribution in [0.15, 0.2) is 186 Å². The van der Waals surface area contributed by atoms with E-state index in [9.17, 15) is 0 Å². The maximum absolute atomic E-state index is 6.40. The quantitative estimate of drug-likeness (QED) is 0.179. The van der Waals surface area contributed by atoms with Crippen molar-refractivity contribution in [2.75, 3.05) is 4.90 Å². The summed E-state index contributed by atoms with van der Waals surface area (Å²) in [7, 11) is 0. The molecule has 256 valence electrons. The highest BCUT2D eigenvalue weighted by atomic mass is 16.3. The third-order valence-electron chi connectivity index (χ3n) is 11.6. The van der Waals surface area contributed by atoms with Crippen molar-refractivity contribution >= 4 is 60.8 Å². The molecule has 0 radical (unpaired) electrons. The van der Waals surface area contributed by atoms with Gasteiger partial charge in [0.05, 0.1) is 16.7 Å². The van der Waals surface area contributed by atoms with Crippen LogP contribution in [0.5, 0.6) is 0 Å². The lowest BCUT2D eigenvalue weighted by Gasteiger charge is -2.30. The molecule has 10 aromatic rings. The minimum Gasteiger partial charge on any atom is -0.456 e. The monoisotopic (exact) mass is 692 g/mol. The average Bonchev–Trinajstić information content (AvgIpc) is 3.84. The van der Waals surface area contributed by atoms with Crippen LogP contribution < -0.4 is 4.90 Å². The Balaban J connectivity index is 1.19. The zero-order valence-corrected chi connectivity index (χ0v) is 30.1. The van der Waals surface area contributed by atoms with Crippen LogP contribution in [0.1, 0.15) is 25.0 Å². The SMILES string of the molecule is CC1(C)c2ccccc2-c2ccc(N(c3ccc4c(c3)c3ccccc3n4-c3ccccc3)c3ccccc3-c3cccc4oc5ccccc5c34)cc21. The lowest BCUT2D eigenvalue weighted by atomic mass is 9.82. The number of hydrogen-bond acceptors (Lipinski definition) is 2. The lowest BCUT2D eigenvalue weighted by Crippen LogP contribution is -2.16. The Morgan fingerprint density at radius 2 is 1.07 bits per heavy atom. The van der Waals surface area contributed by atoms with Crippen molar-refractivity contribution in [2.24, 2.45) is 0 Å². The molecule has 2 aromatic heterocycles. The number of furan rings is 1. The molecule has 1 aliphatic rings. The van der Waals surface area contributed by atoms with Crippen LogP contribution in [0.25, 0.3) is 71.7 Å². The van der Waals surface area contributed by atoms with Gasteiger partial charge in [0.25, 0.3) is 0 Å². The summed E-state index contributed by atoms with van der Waals surface area (Å²) >= 11 is 0. The summed E-state index contributed by atoms with van der Waals surface area (Å²) < 4.78 is 8.78. The number of fused-ring (bicyclic) bond motifs is 9. The maximum Gasteiger partial charge on any atom is 0.136 e. The zero-order valence-electron chi connectivity index (χ0n) is 30.1. The highest BCUT2D eigenvalue weighted by molar-refractivity contribution is 6.14. The summed E-state index contributed by atoms with van der Waals surface area (Å²) in [6.07, 6.45) is 0. The molecule has 2 heterocycles. The summed E-state index contributed by atoms with van der Waals surface area (Å²) in [4.78, 5) is 2.46. The molecule has 0 bridgehead atoms. The van der Waals surface area contributed by atoms with E-state index in [4.69, 9.17) is 4.42 Å². The van der Waals surface area contributed by atoms with Gasteiger partial charge in [0.15, 0.2) is 0 Å². The Hall–Kier alpha value is -6.84. The van der Waals surface area contributed by atoms with Gasteiger partial charge in [0, 0.05) is 49.6 Å². The van der Waals surface area contributed by atoms with E-state index >= 15 is 0 Å². The normalized spacial score (nSPS) is 13.1. The third-order valence-corrected chi connectivity index (χ3v) is 11.6. The first-order valence-electron chi connectivity index (χ1n) is 18.7. The fraction of sp³-hybridized carbons (Fsp3) is 0.0588. The molecule has 0 atom stereocenters. The predicted molar refractivity (Wildman–Crippen MR) is 226 cm³/mol. The molecular weight excluding hydrogens is 657 g/mol. The van der Waals surface area contributed by atoms with E-state index < -0.39 is 0 Å². The van der Waals surface area contributed by atoms with E-state index in [-0.39, 0.29) is 5.41 Å². The van der Waals surface area contributed by atoms with Gasteiger partial charge in [-0.3, -0.25) is 0 Å². The molecule has 0 spiro atoms. The van der Waals surface area contributed by atoms with Gasteiger partial charge < -0.3 is 13.9 Å². The molecule has 3 nitrogen and oxygen atoms in total. The maximum atomic E-state index is 6.40. The van der Waals surface area contributed by atoms with Crippen molar-refractivity contribution in [3.63, 3.8) is 0 Å². The molecule has 11 rings (SSSR count). The minimum absolute atomic E-state index is 0.137. The summed E-state index contributed by atoms with van der Waals surface area (Å²) in [6, 6.07) is 66.0. The van der Waals surface area contributed by atoms with Crippen LogP contribution in [0, 0.1) is 0 Å². The molecule has 3 heteroatoms. The van der Waals surface area contributed by atoms with Crippen molar-refractivity contribution in [2.45, 2.75) is 19.3 Å². The van der Waals surface area contributed by atoms with Crippen LogP contribution in [0.3, 0.4) is 0 Å². The predicted octanol–water partition coefficient (Wildman–Crippen LogP) is 14.1. The molecular formula is C51H36N2O. The molecule has 0 fully saturated rings. The number of rotatable bonds is 5. The van der Waals surface area contributed by atoms with Crippen LogP contribution in [-0.2, 0) is 5.41 Å². The van der Waals surface area contributed by atoms with E-state index in [0.29, 0.717) is 0 Å². The molecule has 0 aliphatic heterocycles. The standard InChI is InChI=1S/C51H36N2O/c1-51(2)43-22-10-6-17-36(43)37-29-27-35(32-44(37)51)52(34-28-30-47-42(31-34)39-19-8-12-24-46(39)53(47)33-15-4-3-5-16-33)45-23-11-7-18-38(45)40-21-14-26-49-50(40)41-20-9-13-25-48(41)54-49/h3-32H,1-2H3. The van der Waals surface area contributed by atoms with Gasteiger partial charge >= 0.3 is 0 Å². The largest absolute Gasteiger partial charge is 0.456 e. The second-order valence-electron chi connectivity index (χ2n) is 14.9. The average molecular weight is 693 g/mol. The number of para-hydroxylation sites is 4. The van der Waals surface area contributed by atoms with Gasteiger partial charge in [0.1, 0.15) is 11.2 Å². The zero-order chi connectivity index (χ0) is 36.0. The molecule has 54 heavy (non-hydrogen) atoms. The van der Waals surface area contributed by atoms with Crippen molar-refractivity contribution in [3.05, 3.63) is 193 Å². The summed E-state index contributed by atoms with van der Waals surface area (Å²) in [5.41, 5.74) is 16.1. The second-order valence-corrected chi connectivity index (χ2v) is 14.9. The topological polar surface area (TPSA) is 21.3 Å². The van der Waals surface area contributed by atoms with Gasteiger partial charge in [0.2, 0.25) is 0 Å². The molecule has 0 saturated carbocycles. The second kappa shape index (κ2) is 11.6. The highest BCUT2D eigenvalue weighted by Crippen LogP contribution is 2.52. The number of anilines is 3. The van der Waals surface area contributed by atoms with Gasteiger partial charge in [-0.2, -0.15) is 0 Å².